The van der Waals surface area contributed by atoms with E-state index in [4.69, 9.17) is 0 Å². The number of aromatic nitrogens is 2. The van der Waals surface area contributed by atoms with Crippen molar-refractivity contribution < 1.29 is 4.39 Å². The van der Waals surface area contributed by atoms with Crippen molar-refractivity contribution in [3.63, 3.8) is 0 Å². The first kappa shape index (κ1) is 15.2. The van der Waals surface area contributed by atoms with Gasteiger partial charge in [-0.15, -0.1) is 0 Å². The highest BCUT2D eigenvalue weighted by Crippen LogP contribution is 2.21. The monoisotopic (exact) mass is 339 g/mol. The van der Waals surface area contributed by atoms with Crippen molar-refractivity contribution in [3.05, 3.63) is 52.3 Å². The molecule has 1 atom stereocenters. The van der Waals surface area contributed by atoms with Crippen LogP contribution in [0, 0.1) is 5.82 Å². The maximum absolute atomic E-state index is 13.3. The van der Waals surface area contributed by atoms with Crippen molar-refractivity contribution in [1.29, 1.82) is 0 Å². The Balaban J connectivity index is 2.19. The summed E-state index contributed by atoms with van der Waals surface area (Å²) in [5, 5.41) is 3.50. The molecule has 0 saturated heterocycles. The van der Waals surface area contributed by atoms with Crippen LogP contribution in [0.5, 0.6) is 0 Å². The molecule has 20 heavy (non-hydrogen) atoms. The van der Waals surface area contributed by atoms with Crippen molar-refractivity contribution in [2.24, 2.45) is 7.05 Å². The van der Waals surface area contributed by atoms with Crippen molar-refractivity contribution in [3.8, 4) is 0 Å². The van der Waals surface area contributed by atoms with Crippen LogP contribution in [-0.4, -0.2) is 16.1 Å². The highest BCUT2D eigenvalue weighted by molar-refractivity contribution is 9.10. The molecule has 0 aliphatic heterocycles. The Kier molecular flexibility index (Phi) is 5.31. The minimum absolute atomic E-state index is 0.132. The molecule has 0 amide bonds. The van der Waals surface area contributed by atoms with Gasteiger partial charge in [0.2, 0.25) is 0 Å². The lowest BCUT2D eigenvalue weighted by atomic mass is 10.0. The van der Waals surface area contributed by atoms with E-state index in [1.807, 2.05) is 29.9 Å². The van der Waals surface area contributed by atoms with E-state index in [1.54, 1.807) is 6.20 Å². The number of hydrogen-bond acceptors (Lipinski definition) is 2. The number of benzene rings is 1. The molecule has 0 aliphatic rings. The normalized spacial score (nSPS) is 12.6. The van der Waals surface area contributed by atoms with Gasteiger partial charge in [-0.2, -0.15) is 0 Å². The van der Waals surface area contributed by atoms with Gasteiger partial charge in [0.15, 0.2) is 0 Å². The average Bonchev–Trinajstić information content (AvgIpc) is 2.85. The summed E-state index contributed by atoms with van der Waals surface area (Å²) >= 11 is 3.24. The third kappa shape index (κ3) is 3.67. The van der Waals surface area contributed by atoms with Gasteiger partial charge in [-0.25, -0.2) is 9.37 Å². The lowest BCUT2D eigenvalue weighted by Gasteiger charge is -2.18. The Morgan fingerprint density at radius 3 is 2.85 bits per heavy atom. The van der Waals surface area contributed by atoms with Crippen LogP contribution in [0.3, 0.4) is 0 Å². The van der Waals surface area contributed by atoms with Crippen LogP contribution in [0.1, 0.15) is 30.8 Å². The lowest BCUT2D eigenvalue weighted by molar-refractivity contribution is 0.491. The Bertz CT molecular complexity index is 568. The first-order valence-corrected chi connectivity index (χ1v) is 7.55. The third-order valence-electron chi connectivity index (χ3n) is 3.23. The number of nitrogens with zero attached hydrogens (tertiary/aromatic N) is 2. The lowest BCUT2D eigenvalue weighted by Crippen LogP contribution is -2.26. The van der Waals surface area contributed by atoms with Gasteiger partial charge in [0, 0.05) is 19.4 Å². The standard InChI is InChI=1S/C15H19BrFN3/c1-3-6-18-14(15-19-7-8-20(15)2)10-11-4-5-13(17)12(16)9-11/h4-5,7-9,14,18H,3,6,10H2,1-2H3. The zero-order valence-electron chi connectivity index (χ0n) is 11.7. The van der Waals surface area contributed by atoms with Crippen molar-refractivity contribution in [2.75, 3.05) is 6.54 Å². The second-order valence-electron chi connectivity index (χ2n) is 4.86. The molecular formula is C15H19BrFN3. The second kappa shape index (κ2) is 6.99. The Hall–Kier alpha value is -1.20. The maximum atomic E-state index is 13.3. The average molecular weight is 340 g/mol. The smallest absolute Gasteiger partial charge is 0.137 e. The quantitative estimate of drug-likeness (QED) is 0.871. The van der Waals surface area contributed by atoms with E-state index < -0.39 is 0 Å². The highest BCUT2D eigenvalue weighted by Gasteiger charge is 2.16. The molecule has 0 radical (unpaired) electrons. The van der Waals surface area contributed by atoms with Crippen LogP contribution in [0.4, 0.5) is 4.39 Å². The van der Waals surface area contributed by atoms with Crippen LogP contribution in [0.15, 0.2) is 35.1 Å². The molecule has 0 bridgehead atoms. The van der Waals surface area contributed by atoms with E-state index in [-0.39, 0.29) is 11.9 Å². The summed E-state index contributed by atoms with van der Waals surface area (Å²) in [6, 6.07) is 5.28. The summed E-state index contributed by atoms with van der Waals surface area (Å²) in [6.45, 7) is 3.07. The number of aryl methyl sites for hydroxylation is 1. The summed E-state index contributed by atoms with van der Waals surface area (Å²) in [5.74, 6) is 0.766. The minimum Gasteiger partial charge on any atom is -0.337 e. The molecule has 1 aromatic carbocycles. The Labute approximate surface area is 127 Å². The van der Waals surface area contributed by atoms with E-state index in [0.717, 1.165) is 30.8 Å². The number of imidazole rings is 1. The fourth-order valence-electron chi connectivity index (χ4n) is 2.19. The molecule has 1 unspecified atom stereocenters. The van der Waals surface area contributed by atoms with Gasteiger partial charge in [0.1, 0.15) is 11.6 Å². The molecule has 2 aromatic rings. The van der Waals surface area contributed by atoms with Gasteiger partial charge < -0.3 is 9.88 Å². The predicted octanol–water partition coefficient (Wildman–Crippen LogP) is 3.61. The van der Waals surface area contributed by atoms with E-state index in [1.165, 1.54) is 6.07 Å². The molecule has 3 nitrogen and oxygen atoms in total. The van der Waals surface area contributed by atoms with Crippen molar-refractivity contribution in [1.82, 2.24) is 14.9 Å². The fraction of sp³-hybridized carbons (Fsp3) is 0.400. The van der Waals surface area contributed by atoms with Gasteiger partial charge in [-0.3, -0.25) is 0 Å². The molecule has 1 N–H and O–H groups in total. The highest BCUT2D eigenvalue weighted by atomic mass is 79.9. The van der Waals surface area contributed by atoms with Gasteiger partial charge in [-0.1, -0.05) is 13.0 Å². The summed E-state index contributed by atoms with van der Waals surface area (Å²) < 4.78 is 15.8. The third-order valence-corrected chi connectivity index (χ3v) is 3.84. The number of nitrogens with one attached hydrogen (secondary N) is 1. The molecule has 1 heterocycles. The van der Waals surface area contributed by atoms with Crippen molar-refractivity contribution >= 4 is 15.9 Å². The summed E-state index contributed by atoms with van der Waals surface area (Å²) in [7, 11) is 1.99. The first-order chi connectivity index (χ1) is 9.61. The van der Waals surface area contributed by atoms with E-state index >= 15 is 0 Å². The molecular weight excluding hydrogens is 321 g/mol. The topological polar surface area (TPSA) is 29.9 Å². The molecule has 2 rings (SSSR count). The number of rotatable bonds is 6. The first-order valence-electron chi connectivity index (χ1n) is 6.76. The van der Waals surface area contributed by atoms with E-state index in [0.29, 0.717) is 4.47 Å². The van der Waals surface area contributed by atoms with Crippen LogP contribution in [-0.2, 0) is 13.5 Å². The van der Waals surface area contributed by atoms with Gasteiger partial charge in [0.05, 0.1) is 10.5 Å². The molecule has 0 aliphatic carbocycles. The predicted molar refractivity (Wildman–Crippen MR) is 82.0 cm³/mol. The number of hydrogen-bond donors (Lipinski definition) is 1. The molecule has 0 fully saturated rings. The maximum Gasteiger partial charge on any atom is 0.137 e. The van der Waals surface area contributed by atoms with Crippen LogP contribution >= 0.6 is 15.9 Å². The molecule has 0 spiro atoms. The second-order valence-corrected chi connectivity index (χ2v) is 5.71. The van der Waals surface area contributed by atoms with E-state index in [2.05, 4.69) is 33.2 Å². The van der Waals surface area contributed by atoms with E-state index in [9.17, 15) is 4.39 Å². The molecule has 1 aromatic heterocycles. The van der Waals surface area contributed by atoms with Crippen molar-refractivity contribution in [2.45, 2.75) is 25.8 Å². The molecule has 5 heteroatoms. The van der Waals surface area contributed by atoms with Gasteiger partial charge in [0.25, 0.3) is 0 Å². The minimum atomic E-state index is -0.233. The van der Waals surface area contributed by atoms with Gasteiger partial charge >= 0.3 is 0 Å². The SMILES string of the molecule is CCCNC(Cc1ccc(F)c(Br)c1)c1nccn1C. The Morgan fingerprint density at radius 1 is 1.45 bits per heavy atom. The summed E-state index contributed by atoms with van der Waals surface area (Å²) in [5.41, 5.74) is 1.08. The molecule has 108 valence electrons. The zero-order valence-corrected chi connectivity index (χ0v) is 13.3. The molecule has 0 saturated carbocycles. The fourth-order valence-corrected chi connectivity index (χ4v) is 2.61. The zero-order chi connectivity index (χ0) is 14.5. The van der Waals surface area contributed by atoms with Crippen LogP contribution in [0.25, 0.3) is 0 Å². The Morgan fingerprint density at radius 2 is 2.25 bits per heavy atom. The number of halogens is 2. The summed E-state index contributed by atoms with van der Waals surface area (Å²) in [4.78, 5) is 4.42. The summed E-state index contributed by atoms with van der Waals surface area (Å²) in [6.07, 6.45) is 5.59. The van der Waals surface area contributed by atoms with Crippen LogP contribution in [0.2, 0.25) is 0 Å². The van der Waals surface area contributed by atoms with Crippen LogP contribution < -0.4 is 5.32 Å². The van der Waals surface area contributed by atoms with Gasteiger partial charge in [-0.05, 0) is 53.0 Å². The largest absolute Gasteiger partial charge is 0.337 e.